The van der Waals surface area contributed by atoms with E-state index in [1.165, 1.54) is 36.8 Å². The van der Waals surface area contributed by atoms with Gasteiger partial charge >= 0.3 is 0 Å². The lowest BCUT2D eigenvalue weighted by Gasteiger charge is -2.14. The first-order valence-electron chi connectivity index (χ1n) is 7.94. The van der Waals surface area contributed by atoms with E-state index in [2.05, 4.69) is 46.8 Å². The van der Waals surface area contributed by atoms with E-state index in [4.69, 9.17) is 0 Å². The van der Waals surface area contributed by atoms with E-state index < -0.39 is 0 Å². The van der Waals surface area contributed by atoms with Gasteiger partial charge < -0.3 is 5.11 Å². The molecule has 0 aromatic carbocycles. The SMILES string of the molecule is CCCCC/C(C)=C/C(O)CC(C)CCC=C(C)C. The zero-order chi connectivity index (χ0) is 14.7. The van der Waals surface area contributed by atoms with Crippen molar-refractivity contribution in [1.82, 2.24) is 0 Å². The minimum Gasteiger partial charge on any atom is -0.389 e. The number of aliphatic hydroxyl groups excluding tert-OH is 1. The molecule has 0 aromatic rings. The molecule has 0 aliphatic rings. The normalized spacial score (nSPS) is 15.2. The molecule has 0 fully saturated rings. The van der Waals surface area contributed by atoms with E-state index in [1.807, 2.05) is 0 Å². The second-order valence-corrected chi connectivity index (χ2v) is 6.24. The molecule has 0 spiro atoms. The number of aliphatic hydroxyl groups is 1. The fourth-order valence-electron chi connectivity index (χ4n) is 2.32. The summed E-state index contributed by atoms with van der Waals surface area (Å²) >= 11 is 0. The predicted octanol–water partition coefficient (Wildman–Crippen LogP) is 5.65. The van der Waals surface area contributed by atoms with Crippen molar-refractivity contribution in [1.29, 1.82) is 0 Å². The molecule has 0 saturated carbocycles. The summed E-state index contributed by atoms with van der Waals surface area (Å²) in [6.07, 6.45) is 12.2. The summed E-state index contributed by atoms with van der Waals surface area (Å²) in [5, 5.41) is 10.1. The molecule has 2 atom stereocenters. The maximum absolute atomic E-state index is 10.1. The first-order chi connectivity index (χ1) is 8.95. The molecule has 0 rings (SSSR count). The summed E-state index contributed by atoms with van der Waals surface area (Å²) in [6, 6.07) is 0. The van der Waals surface area contributed by atoms with Crippen molar-refractivity contribution in [3.8, 4) is 0 Å². The molecule has 0 radical (unpaired) electrons. The Labute approximate surface area is 120 Å². The number of allylic oxidation sites excluding steroid dienone is 3. The van der Waals surface area contributed by atoms with E-state index in [9.17, 15) is 5.11 Å². The van der Waals surface area contributed by atoms with Crippen LogP contribution in [0.5, 0.6) is 0 Å². The smallest absolute Gasteiger partial charge is 0.0726 e. The molecular formula is C18H34O. The van der Waals surface area contributed by atoms with Crippen LogP contribution in [0.25, 0.3) is 0 Å². The maximum atomic E-state index is 10.1. The van der Waals surface area contributed by atoms with Crippen molar-refractivity contribution in [3.63, 3.8) is 0 Å². The highest BCUT2D eigenvalue weighted by molar-refractivity contribution is 5.02. The molecule has 1 nitrogen and oxygen atoms in total. The fourth-order valence-corrected chi connectivity index (χ4v) is 2.32. The molecule has 0 aromatic heterocycles. The lowest BCUT2D eigenvalue weighted by atomic mass is 9.96. The van der Waals surface area contributed by atoms with Crippen molar-refractivity contribution >= 4 is 0 Å². The summed E-state index contributed by atoms with van der Waals surface area (Å²) in [5.41, 5.74) is 2.73. The van der Waals surface area contributed by atoms with Crippen molar-refractivity contribution < 1.29 is 5.11 Å². The summed E-state index contributed by atoms with van der Waals surface area (Å²) in [5.74, 6) is 0.588. The Morgan fingerprint density at radius 1 is 1.16 bits per heavy atom. The van der Waals surface area contributed by atoms with Crippen LogP contribution >= 0.6 is 0 Å². The third-order valence-electron chi connectivity index (χ3n) is 3.51. The van der Waals surface area contributed by atoms with Crippen LogP contribution in [-0.2, 0) is 0 Å². The molecule has 1 heteroatoms. The van der Waals surface area contributed by atoms with Crippen LogP contribution < -0.4 is 0 Å². The van der Waals surface area contributed by atoms with Gasteiger partial charge in [0.05, 0.1) is 6.10 Å². The van der Waals surface area contributed by atoms with Gasteiger partial charge in [0, 0.05) is 0 Å². The summed E-state index contributed by atoms with van der Waals surface area (Å²) in [6.45, 7) is 10.9. The van der Waals surface area contributed by atoms with Crippen LogP contribution in [-0.4, -0.2) is 11.2 Å². The van der Waals surface area contributed by atoms with Crippen molar-refractivity contribution in [3.05, 3.63) is 23.3 Å². The standard InChI is InChI=1S/C18H34O/c1-6-7-8-11-16(4)13-18(19)14-17(5)12-9-10-15(2)3/h10,13,17-19H,6-9,11-12,14H2,1-5H3/b16-13+. The van der Waals surface area contributed by atoms with Crippen LogP contribution in [0.3, 0.4) is 0 Å². The van der Waals surface area contributed by atoms with Gasteiger partial charge in [-0.1, -0.05) is 50.0 Å². The lowest BCUT2D eigenvalue weighted by Crippen LogP contribution is -2.09. The van der Waals surface area contributed by atoms with E-state index in [0.717, 1.165) is 19.3 Å². The lowest BCUT2D eigenvalue weighted by molar-refractivity contribution is 0.187. The van der Waals surface area contributed by atoms with Gasteiger partial charge in [0.1, 0.15) is 0 Å². The van der Waals surface area contributed by atoms with Crippen LogP contribution in [0.2, 0.25) is 0 Å². The van der Waals surface area contributed by atoms with Gasteiger partial charge in [0.15, 0.2) is 0 Å². The van der Waals surface area contributed by atoms with Gasteiger partial charge in [-0.3, -0.25) is 0 Å². The molecule has 19 heavy (non-hydrogen) atoms. The molecule has 1 N–H and O–H groups in total. The zero-order valence-corrected chi connectivity index (χ0v) is 13.7. The molecule has 2 unspecified atom stereocenters. The summed E-state index contributed by atoms with van der Waals surface area (Å²) in [7, 11) is 0. The minimum absolute atomic E-state index is 0.261. The highest BCUT2D eigenvalue weighted by Crippen LogP contribution is 2.17. The first kappa shape index (κ1) is 18.4. The topological polar surface area (TPSA) is 20.2 Å². The Kier molecular flexibility index (Phi) is 10.9. The molecule has 112 valence electrons. The Morgan fingerprint density at radius 3 is 2.42 bits per heavy atom. The highest BCUT2D eigenvalue weighted by Gasteiger charge is 2.08. The molecule has 0 amide bonds. The largest absolute Gasteiger partial charge is 0.389 e. The number of unbranched alkanes of at least 4 members (excludes halogenated alkanes) is 2. The van der Waals surface area contributed by atoms with Crippen LogP contribution in [0.4, 0.5) is 0 Å². The van der Waals surface area contributed by atoms with Crippen molar-refractivity contribution in [2.45, 2.75) is 85.7 Å². The quantitative estimate of drug-likeness (QED) is 0.400. The van der Waals surface area contributed by atoms with Gasteiger partial charge in [0.25, 0.3) is 0 Å². The van der Waals surface area contributed by atoms with Crippen LogP contribution in [0.1, 0.15) is 79.6 Å². The van der Waals surface area contributed by atoms with Crippen LogP contribution in [0, 0.1) is 5.92 Å². The Bertz CT molecular complexity index is 271. The van der Waals surface area contributed by atoms with Crippen LogP contribution in [0.15, 0.2) is 23.3 Å². The predicted molar refractivity (Wildman–Crippen MR) is 86.4 cm³/mol. The second kappa shape index (κ2) is 11.3. The summed E-state index contributed by atoms with van der Waals surface area (Å²) < 4.78 is 0. The monoisotopic (exact) mass is 266 g/mol. The average molecular weight is 266 g/mol. The van der Waals surface area contributed by atoms with E-state index in [1.54, 1.807) is 0 Å². The fraction of sp³-hybridized carbons (Fsp3) is 0.778. The van der Waals surface area contributed by atoms with Gasteiger partial charge in [-0.05, 0) is 58.8 Å². The second-order valence-electron chi connectivity index (χ2n) is 6.24. The molecule has 0 aliphatic heterocycles. The zero-order valence-electron chi connectivity index (χ0n) is 13.7. The van der Waals surface area contributed by atoms with Gasteiger partial charge in [-0.2, -0.15) is 0 Å². The Balaban J connectivity index is 3.90. The Morgan fingerprint density at radius 2 is 1.84 bits per heavy atom. The number of hydrogen-bond donors (Lipinski definition) is 1. The minimum atomic E-state index is -0.261. The van der Waals surface area contributed by atoms with Gasteiger partial charge in [-0.15, -0.1) is 0 Å². The molecule has 0 heterocycles. The third-order valence-corrected chi connectivity index (χ3v) is 3.51. The first-order valence-corrected chi connectivity index (χ1v) is 7.94. The van der Waals surface area contributed by atoms with Crippen molar-refractivity contribution in [2.75, 3.05) is 0 Å². The van der Waals surface area contributed by atoms with Crippen molar-refractivity contribution in [2.24, 2.45) is 5.92 Å². The summed E-state index contributed by atoms with van der Waals surface area (Å²) in [4.78, 5) is 0. The Hall–Kier alpha value is -0.560. The number of hydrogen-bond acceptors (Lipinski definition) is 1. The maximum Gasteiger partial charge on any atom is 0.0726 e. The highest BCUT2D eigenvalue weighted by atomic mass is 16.3. The molecule has 0 aliphatic carbocycles. The van der Waals surface area contributed by atoms with Gasteiger partial charge in [0.2, 0.25) is 0 Å². The van der Waals surface area contributed by atoms with E-state index in [0.29, 0.717) is 5.92 Å². The number of rotatable bonds is 10. The van der Waals surface area contributed by atoms with Gasteiger partial charge in [-0.25, -0.2) is 0 Å². The molecule has 0 bridgehead atoms. The average Bonchev–Trinajstić information content (AvgIpc) is 2.28. The third kappa shape index (κ3) is 12.2. The van der Waals surface area contributed by atoms with E-state index >= 15 is 0 Å². The van der Waals surface area contributed by atoms with E-state index in [-0.39, 0.29) is 6.10 Å². The molecular weight excluding hydrogens is 232 g/mol. The molecule has 0 saturated heterocycles.